The molecule has 2 aliphatic heterocycles. The van der Waals surface area contributed by atoms with Crippen LogP contribution in [0.15, 0.2) is 30.3 Å². The van der Waals surface area contributed by atoms with Crippen LogP contribution >= 0.6 is 0 Å². The van der Waals surface area contributed by atoms with Crippen LogP contribution in [-0.2, 0) is 19.2 Å². The number of nitrogens with zero attached hydrogens (tertiary/aromatic N) is 2. The topological polar surface area (TPSA) is 170 Å². The molecule has 1 aromatic carbocycles. The molecule has 0 radical (unpaired) electrons. The Morgan fingerprint density at radius 3 is 2.15 bits per heavy atom. The number of nitrogens with two attached hydrogens (primary N) is 1. The molecule has 2 fully saturated rings. The SMILES string of the molecule is NC(=O)[C@H](CO)NC(=O)[C@@H]1CCCN1C(=O)[C@@H]1CCCN1C(=O)[C@H](CO)C(=O)c1ccccc1. The van der Waals surface area contributed by atoms with Crippen molar-refractivity contribution in [2.24, 2.45) is 11.7 Å². The van der Waals surface area contributed by atoms with Crippen LogP contribution in [0, 0.1) is 5.92 Å². The standard InChI is InChI=1S/C23H30N4O7/c24-20(31)16(13-29)25-21(32)17-8-4-10-26(17)23(34)18-9-5-11-27(18)22(33)15(12-28)19(30)14-6-2-1-3-7-14/h1-3,6-7,15-18,28-29H,4-5,8-13H2,(H2,24,31)(H,25,32)/t15-,16+,17+,18+/m1/s1. The minimum Gasteiger partial charge on any atom is -0.395 e. The Hall–Kier alpha value is -3.31. The number of Topliss-reactive ketones (excluding diaryl/α,β-unsaturated/α-hetero) is 1. The van der Waals surface area contributed by atoms with Gasteiger partial charge in [-0.05, 0) is 25.7 Å². The lowest BCUT2D eigenvalue weighted by Gasteiger charge is -2.32. The van der Waals surface area contributed by atoms with Crippen LogP contribution in [0.3, 0.4) is 0 Å². The highest BCUT2D eigenvalue weighted by Gasteiger charge is 2.44. The molecule has 11 nitrogen and oxygen atoms in total. The van der Waals surface area contributed by atoms with Gasteiger partial charge in [0.15, 0.2) is 5.78 Å². The van der Waals surface area contributed by atoms with E-state index in [4.69, 9.17) is 5.73 Å². The van der Waals surface area contributed by atoms with E-state index in [1.165, 1.54) is 9.80 Å². The minimum atomic E-state index is -1.32. The second kappa shape index (κ2) is 11.2. The molecule has 5 N–H and O–H groups in total. The van der Waals surface area contributed by atoms with Crippen molar-refractivity contribution in [3.05, 3.63) is 35.9 Å². The van der Waals surface area contributed by atoms with Gasteiger partial charge in [0.05, 0.1) is 13.2 Å². The number of ketones is 1. The number of nitrogens with one attached hydrogen (secondary N) is 1. The van der Waals surface area contributed by atoms with Gasteiger partial charge in [-0.3, -0.25) is 24.0 Å². The van der Waals surface area contributed by atoms with Crippen LogP contribution in [0.4, 0.5) is 0 Å². The molecular weight excluding hydrogens is 444 g/mol. The number of rotatable bonds is 9. The van der Waals surface area contributed by atoms with Gasteiger partial charge in [0.2, 0.25) is 23.6 Å². The lowest BCUT2D eigenvalue weighted by atomic mass is 9.96. The Labute approximate surface area is 196 Å². The minimum absolute atomic E-state index is 0.257. The van der Waals surface area contributed by atoms with E-state index in [0.717, 1.165) is 0 Å². The van der Waals surface area contributed by atoms with E-state index in [1.807, 2.05) is 0 Å². The van der Waals surface area contributed by atoms with Crippen molar-refractivity contribution >= 4 is 29.4 Å². The van der Waals surface area contributed by atoms with Crippen molar-refractivity contribution in [2.75, 3.05) is 26.3 Å². The van der Waals surface area contributed by atoms with Crippen molar-refractivity contribution in [1.29, 1.82) is 0 Å². The molecule has 184 valence electrons. The van der Waals surface area contributed by atoms with E-state index < -0.39 is 66.7 Å². The summed E-state index contributed by atoms with van der Waals surface area (Å²) >= 11 is 0. The van der Waals surface area contributed by atoms with Gasteiger partial charge in [0.1, 0.15) is 24.0 Å². The Balaban J connectivity index is 1.73. The zero-order valence-electron chi connectivity index (χ0n) is 18.8. The van der Waals surface area contributed by atoms with Crippen LogP contribution in [0.1, 0.15) is 36.0 Å². The first-order valence-electron chi connectivity index (χ1n) is 11.3. The van der Waals surface area contributed by atoms with E-state index in [2.05, 4.69) is 5.32 Å². The van der Waals surface area contributed by atoms with Crippen molar-refractivity contribution in [1.82, 2.24) is 15.1 Å². The summed E-state index contributed by atoms with van der Waals surface area (Å²) in [6.45, 7) is -0.798. The molecule has 0 aromatic heterocycles. The smallest absolute Gasteiger partial charge is 0.246 e. The Morgan fingerprint density at radius 1 is 0.941 bits per heavy atom. The quantitative estimate of drug-likeness (QED) is 0.247. The van der Waals surface area contributed by atoms with E-state index >= 15 is 0 Å². The molecule has 2 aliphatic rings. The summed E-state index contributed by atoms with van der Waals surface area (Å²) in [6, 6.07) is 5.19. The molecule has 0 saturated carbocycles. The highest BCUT2D eigenvalue weighted by molar-refractivity contribution is 6.11. The third-order valence-electron chi connectivity index (χ3n) is 6.36. The number of hydrogen-bond acceptors (Lipinski definition) is 7. The number of benzene rings is 1. The van der Waals surface area contributed by atoms with Gasteiger partial charge in [-0.15, -0.1) is 0 Å². The summed E-state index contributed by atoms with van der Waals surface area (Å²) in [7, 11) is 0. The third kappa shape index (κ3) is 5.26. The fourth-order valence-electron chi connectivity index (χ4n) is 4.53. The number of carbonyl (C=O) groups excluding carboxylic acids is 5. The van der Waals surface area contributed by atoms with E-state index in [9.17, 15) is 34.2 Å². The van der Waals surface area contributed by atoms with Crippen molar-refractivity contribution < 1.29 is 34.2 Å². The molecular formula is C23H30N4O7. The number of likely N-dealkylation sites (tertiary alicyclic amines) is 2. The first kappa shape index (κ1) is 25.3. The number of aliphatic hydroxyl groups excluding tert-OH is 2. The highest BCUT2D eigenvalue weighted by atomic mass is 16.3. The van der Waals surface area contributed by atoms with Crippen molar-refractivity contribution in [2.45, 2.75) is 43.8 Å². The summed E-state index contributed by atoms with van der Waals surface area (Å²) in [6.07, 6.45) is 1.82. The Bertz CT molecular complexity index is 939. The van der Waals surface area contributed by atoms with Gasteiger partial charge >= 0.3 is 0 Å². The zero-order chi connectivity index (χ0) is 24.8. The summed E-state index contributed by atoms with van der Waals surface area (Å²) in [5.41, 5.74) is 5.45. The van der Waals surface area contributed by atoms with Gasteiger partial charge in [-0.25, -0.2) is 0 Å². The number of amides is 4. The van der Waals surface area contributed by atoms with Gasteiger partial charge < -0.3 is 31.1 Å². The first-order valence-corrected chi connectivity index (χ1v) is 11.3. The van der Waals surface area contributed by atoms with Crippen molar-refractivity contribution in [3.8, 4) is 0 Å². The van der Waals surface area contributed by atoms with Crippen LogP contribution in [0.25, 0.3) is 0 Å². The lowest BCUT2D eigenvalue weighted by molar-refractivity contribution is -0.148. The molecule has 2 heterocycles. The van der Waals surface area contributed by atoms with E-state index in [1.54, 1.807) is 30.3 Å². The largest absolute Gasteiger partial charge is 0.395 e. The number of aliphatic hydroxyl groups is 2. The number of carbonyl (C=O) groups is 5. The maximum atomic E-state index is 13.4. The monoisotopic (exact) mass is 474 g/mol. The molecule has 34 heavy (non-hydrogen) atoms. The molecule has 0 bridgehead atoms. The lowest BCUT2D eigenvalue weighted by Crippen LogP contribution is -2.56. The second-order valence-electron chi connectivity index (χ2n) is 8.49. The average Bonchev–Trinajstić information content (AvgIpc) is 3.52. The Morgan fingerprint density at radius 2 is 1.56 bits per heavy atom. The predicted molar refractivity (Wildman–Crippen MR) is 119 cm³/mol. The average molecular weight is 475 g/mol. The third-order valence-corrected chi connectivity index (χ3v) is 6.36. The molecule has 4 atom stereocenters. The molecule has 11 heteroatoms. The van der Waals surface area contributed by atoms with Gasteiger partial charge in [-0.2, -0.15) is 0 Å². The fraction of sp³-hybridized carbons (Fsp3) is 0.522. The summed E-state index contributed by atoms with van der Waals surface area (Å²) in [5, 5.41) is 21.4. The normalized spacial score (nSPS) is 21.7. The predicted octanol–water partition coefficient (Wildman–Crippen LogP) is -1.58. The maximum Gasteiger partial charge on any atom is 0.246 e. The van der Waals surface area contributed by atoms with E-state index in [0.29, 0.717) is 37.8 Å². The van der Waals surface area contributed by atoms with Crippen LogP contribution in [-0.4, -0.2) is 93.9 Å². The maximum absolute atomic E-state index is 13.4. The van der Waals surface area contributed by atoms with Crippen molar-refractivity contribution in [3.63, 3.8) is 0 Å². The summed E-state index contributed by atoms with van der Waals surface area (Å²) in [5.74, 6) is -4.39. The summed E-state index contributed by atoms with van der Waals surface area (Å²) in [4.78, 5) is 66.1. The molecule has 4 amide bonds. The number of primary amides is 1. The summed E-state index contributed by atoms with van der Waals surface area (Å²) < 4.78 is 0. The van der Waals surface area contributed by atoms with E-state index in [-0.39, 0.29) is 6.54 Å². The first-order chi connectivity index (χ1) is 16.3. The molecule has 0 aliphatic carbocycles. The van der Waals surface area contributed by atoms with Gasteiger partial charge in [0, 0.05) is 18.7 Å². The molecule has 0 unspecified atom stereocenters. The van der Waals surface area contributed by atoms with Gasteiger partial charge in [-0.1, -0.05) is 30.3 Å². The molecule has 3 rings (SSSR count). The van der Waals surface area contributed by atoms with Crippen LogP contribution < -0.4 is 11.1 Å². The molecule has 1 aromatic rings. The molecule has 2 saturated heterocycles. The van der Waals surface area contributed by atoms with Gasteiger partial charge in [0.25, 0.3) is 0 Å². The second-order valence-corrected chi connectivity index (χ2v) is 8.49. The molecule has 0 spiro atoms. The highest BCUT2D eigenvalue weighted by Crippen LogP contribution is 2.27. The zero-order valence-corrected chi connectivity index (χ0v) is 18.8. The number of hydrogen-bond donors (Lipinski definition) is 4. The Kier molecular flexibility index (Phi) is 8.35. The van der Waals surface area contributed by atoms with Crippen LogP contribution in [0.2, 0.25) is 0 Å². The fourth-order valence-corrected chi connectivity index (χ4v) is 4.53. The van der Waals surface area contributed by atoms with Crippen LogP contribution in [0.5, 0.6) is 0 Å².